The third kappa shape index (κ3) is 5.40. The van der Waals surface area contributed by atoms with Crippen molar-refractivity contribution in [2.75, 3.05) is 11.9 Å². The molecule has 36 heavy (non-hydrogen) atoms. The number of carbonyl (C=O) groups is 1. The van der Waals surface area contributed by atoms with E-state index in [2.05, 4.69) is 36.4 Å². The zero-order chi connectivity index (χ0) is 25.1. The van der Waals surface area contributed by atoms with Crippen molar-refractivity contribution in [2.45, 2.75) is 17.1 Å². The maximum Gasteiger partial charge on any atom is 0.341 e. The molecular formula is C25H18BrClN4O4S. The Labute approximate surface area is 224 Å². The SMILES string of the molecule is O=C(O)COc1ccc(Br)cc1[C@H]1Nc2ccccc2-c2nnc(SCc3ccccc3Cl)nc2O1. The molecule has 2 heterocycles. The van der Waals surface area contributed by atoms with Gasteiger partial charge in [0.2, 0.25) is 17.3 Å². The predicted molar refractivity (Wildman–Crippen MR) is 141 cm³/mol. The second-order valence-electron chi connectivity index (χ2n) is 7.68. The summed E-state index contributed by atoms with van der Waals surface area (Å²) in [5, 5.41) is 22.3. The highest BCUT2D eigenvalue weighted by atomic mass is 79.9. The molecule has 1 aliphatic rings. The van der Waals surface area contributed by atoms with Gasteiger partial charge >= 0.3 is 5.97 Å². The first-order chi connectivity index (χ1) is 17.5. The van der Waals surface area contributed by atoms with Gasteiger partial charge in [0.15, 0.2) is 12.3 Å². The van der Waals surface area contributed by atoms with Crippen LogP contribution < -0.4 is 14.8 Å². The van der Waals surface area contributed by atoms with Crippen LogP contribution in [0.3, 0.4) is 0 Å². The van der Waals surface area contributed by atoms with Gasteiger partial charge in [-0.1, -0.05) is 75.7 Å². The lowest BCUT2D eigenvalue weighted by molar-refractivity contribution is -0.139. The summed E-state index contributed by atoms with van der Waals surface area (Å²) in [5.41, 5.74) is 3.59. The summed E-state index contributed by atoms with van der Waals surface area (Å²) in [4.78, 5) is 15.8. The number of halogens is 2. The van der Waals surface area contributed by atoms with Crippen LogP contribution in [0.25, 0.3) is 11.3 Å². The fraction of sp³-hybridized carbons (Fsp3) is 0.120. The average Bonchev–Trinajstić information content (AvgIpc) is 3.04. The number of anilines is 1. The molecule has 0 radical (unpaired) electrons. The summed E-state index contributed by atoms with van der Waals surface area (Å²) < 4.78 is 12.7. The first-order valence-electron chi connectivity index (χ1n) is 10.8. The Bertz CT molecular complexity index is 1440. The summed E-state index contributed by atoms with van der Waals surface area (Å²) in [7, 11) is 0. The highest BCUT2D eigenvalue weighted by molar-refractivity contribution is 9.10. The number of para-hydroxylation sites is 1. The highest BCUT2D eigenvalue weighted by Crippen LogP contribution is 2.41. The molecule has 0 saturated carbocycles. The molecule has 3 aromatic carbocycles. The number of benzene rings is 3. The number of carboxylic acid groups (broad SMARTS) is 1. The van der Waals surface area contributed by atoms with Crippen LogP contribution in [0.15, 0.2) is 76.4 Å². The standard InChI is InChI=1S/C25H18BrClN4O4S/c26-15-9-10-20(34-12-21(32)33)17(11-15)23-28-19-8-4-2-6-16(19)22-24(35-23)29-25(31-30-22)36-13-14-5-1-3-7-18(14)27/h1-11,23,28H,12-13H2,(H,32,33)/t23-/m0/s1. The van der Waals surface area contributed by atoms with Crippen LogP contribution in [-0.4, -0.2) is 32.9 Å². The van der Waals surface area contributed by atoms with E-state index in [0.29, 0.717) is 38.8 Å². The van der Waals surface area contributed by atoms with E-state index in [1.807, 2.05) is 54.6 Å². The van der Waals surface area contributed by atoms with Gasteiger partial charge in [0, 0.05) is 26.5 Å². The maximum atomic E-state index is 11.1. The molecule has 1 atom stereocenters. The van der Waals surface area contributed by atoms with E-state index in [-0.39, 0.29) is 0 Å². The monoisotopic (exact) mass is 584 g/mol. The second-order valence-corrected chi connectivity index (χ2v) is 9.95. The molecule has 4 aromatic rings. The minimum absolute atomic E-state index is 0.290. The molecule has 11 heteroatoms. The van der Waals surface area contributed by atoms with E-state index in [1.54, 1.807) is 12.1 Å². The van der Waals surface area contributed by atoms with Crippen LogP contribution in [0, 0.1) is 0 Å². The van der Waals surface area contributed by atoms with Crippen LogP contribution in [0.1, 0.15) is 17.4 Å². The molecule has 8 nitrogen and oxygen atoms in total. The van der Waals surface area contributed by atoms with Gasteiger partial charge in [0.05, 0.1) is 5.56 Å². The number of hydrogen-bond donors (Lipinski definition) is 2. The smallest absolute Gasteiger partial charge is 0.341 e. The molecule has 1 aliphatic heterocycles. The zero-order valence-corrected chi connectivity index (χ0v) is 21.7. The minimum Gasteiger partial charge on any atom is -0.481 e. The summed E-state index contributed by atoms with van der Waals surface area (Å²) in [6.07, 6.45) is -0.744. The van der Waals surface area contributed by atoms with Gasteiger partial charge in [-0.3, -0.25) is 0 Å². The normalized spacial score (nSPS) is 14.0. The Morgan fingerprint density at radius 2 is 1.94 bits per heavy atom. The van der Waals surface area contributed by atoms with Crippen LogP contribution in [-0.2, 0) is 10.5 Å². The summed E-state index contributed by atoms with van der Waals surface area (Å²) in [5.74, 6) is 0.149. The number of aliphatic carboxylic acids is 1. The number of rotatable bonds is 7. The van der Waals surface area contributed by atoms with Gasteiger partial charge in [0.1, 0.15) is 5.75 Å². The van der Waals surface area contributed by atoms with Gasteiger partial charge in [0.25, 0.3) is 0 Å². The van der Waals surface area contributed by atoms with Gasteiger partial charge < -0.3 is 19.9 Å². The van der Waals surface area contributed by atoms with Crippen molar-refractivity contribution in [2.24, 2.45) is 0 Å². The van der Waals surface area contributed by atoms with Gasteiger partial charge in [-0.15, -0.1) is 10.2 Å². The summed E-state index contributed by atoms with van der Waals surface area (Å²) in [6.45, 7) is -0.485. The number of nitrogens with one attached hydrogen (secondary N) is 1. The fourth-order valence-corrected chi connectivity index (χ4v) is 5.04. The number of ether oxygens (including phenoxy) is 2. The van der Waals surface area contributed by atoms with Gasteiger partial charge in [-0.2, -0.15) is 4.98 Å². The molecule has 182 valence electrons. The second kappa shape index (κ2) is 10.7. The van der Waals surface area contributed by atoms with E-state index in [1.165, 1.54) is 11.8 Å². The third-order valence-electron chi connectivity index (χ3n) is 5.25. The molecule has 2 N–H and O–H groups in total. The molecule has 0 amide bonds. The molecular weight excluding hydrogens is 568 g/mol. The van der Waals surface area contributed by atoms with E-state index in [4.69, 9.17) is 26.2 Å². The lowest BCUT2D eigenvalue weighted by Crippen LogP contribution is -2.19. The lowest BCUT2D eigenvalue weighted by atomic mass is 10.1. The number of thioether (sulfide) groups is 1. The fourth-order valence-electron chi connectivity index (χ4n) is 3.60. The minimum atomic E-state index is -1.08. The van der Waals surface area contributed by atoms with E-state index < -0.39 is 18.8 Å². The Morgan fingerprint density at radius 1 is 1.14 bits per heavy atom. The van der Waals surface area contributed by atoms with Crippen LogP contribution in [0.5, 0.6) is 11.6 Å². The zero-order valence-electron chi connectivity index (χ0n) is 18.5. The largest absolute Gasteiger partial charge is 0.481 e. The third-order valence-corrected chi connectivity index (χ3v) is 7.00. The summed E-state index contributed by atoms with van der Waals surface area (Å²) in [6, 6.07) is 20.5. The predicted octanol–water partition coefficient (Wildman–Crippen LogP) is 6.21. The van der Waals surface area contributed by atoms with Crippen LogP contribution >= 0.6 is 39.3 Å². The van der Waals surface area contributed by atoms with E-state index in [0.717, 1.165) is 21.3 Å². The van der Waals surface area contributed by atoms with Crippen molar-refractivity contribution >= 4 is 50.9 Å². The number of aromatic nitrogens is 3. The topological polar surface area (TPSA) is 106 Å². The van der Waals surface area contributed by atoms with Crippen molar-refractivity contribution in [1.29, 1.82) is 0 Å². The Hall–Kier alpha value is -3.34. The molecule has 0 spiro atoms. The van der Waals surface area contributed by atoms with Gasteiger partial charge in [-0.25, -0.2) is 4.79 Å². The number of nitrogens with zero attached hydrogens (tertiary/aromatic N) is 3. The number of fused-ring (bicyclic) bond motifs is 3. The first-order valence-corrected chi connectivity index (χ1v) is 12.9. The van der Waals surface area contributed by atoms with Crippen molar-refractivity contribution in [3.8, 4) is 22.9 Å². The molecule has 0 fully saturated rings. The molecule has 0 unspecified atom stereocenters. The average molecular weight is 586 g/mol. The van der Waals surface area contributed by atoms with E-state index >= 15 is 0 Å². The molecule has 0 saturated heterocycles. The molecule has 0 aliphatic carbocycles. The molecule has 1 aromatic heterocycles. The lowest BCUT2D eigenvalue weighted by Gasteiger charge is -2.22. The maximum absolute atomic E-state index is 11.1. The molecule has 0 bridgehead atoms. The van der Waals surface area contributed by atoms with Crippen LogP contribution in [0.2, 0.25) is 5.02 Å². The first kappa shape index (κ1) is 24.4. The van der Waals surface area contributed by atoms with Crippen molar-refractivity contribution < 1.29 is 19.4 Å². The Morgan fingerprint density at radius 3 is 2.78 bits per heavy atom. The Kier molecular flexibility index (Phi) is 7.26. The number of carboxylic acids is 1. The highest BCUT2D eigenvalue weighted by Gasteiger charge is 2.28. The van der Waals surface area contributed by atoms with Gasteiger partial charge in [-0.05, 0) is 35.9 Å². The van der Waals surface area contributed by atoms with Crippen molar-refractivity contribution in [3.05, 3.63) is 87.4 Å². The quantitative estimate of drug-likeness (QED) is 0.245. The van der Waals surface area contributed by atoms with Crippen LogP contribution in [0.4, 0.5) is 5.69 Å². The number of hydrogen-bond acceptors (Lipinski definition) is 8. The van der Waals surface area contributed by atoms with Crippen molar-refractivity contribution in [3.63, 3.8) is 0 Å². The molecule has 5 rings (SSSR count). The van der Waals surface area contributed by atoms with Crippen molar-refractivity contribution in [1.82, 2.24) is 15.2 Å². The Balaban J connectivity index is 1.51. The van der Waals surface area contributed by atoms with E-state index in [9.17, 15) is 4.79 Å². The summed E-state index contributed by atoms with van der Waals surface area (Å²) >= 11 is 11.2.